The van der Waals surface area contributed by atoms with Crippen molar-refractivity contribution in [2.45, 2.75) is 15.3 Å². The molecule has 0 heterocycles. The molecule has 0 saturated heterocycles. The first-order valence-corrected chi connectivity index (χ1v) is 20.8. The third kappa shape index (κ3) is 7.40. The van der Waals surface area contributed by atoms with E-state index in [0.717, 1.165) is 22.4 Å². The molecule has 0 spiro atoms. The Morgan fingerprint density at radius 1 is 0.714 bits per heavy atom. The molecule has 0 bridgehead atoms. The van der Waals surface area contributed by atoms with Crippen molar-refractivity contribution < 1.29 is 7.87 Å². The van der Waals surface area contributed by atoms with Crippen LogP contribution in [-0.2, 0) is 23.2 Å². The second kappa shape index (κ2) is 12.2. The Kier molecular flexibility index (Phi) is 9.01. The van der Waals surface area contributed by atoms with Gasteiger partial charge in [0.1, 0.15) is 0 Å². The molecule has 0 atom stereocenters. The zero-order chi connectivity index (χ0) is 24.7. The van der Waals surface area contributed by atoms with Gasteiger partial charge in [0.05, 0.1) is 0 Å². The van der Waals surface area contributed by atoms with E-state index in [4.69, 9.17) is 35.2 Å². The Morgan fingerprint density at radius 2 is 1.23 bits per heavy atom. The molecule has 178 valence electrons. The van der Waals surface area contributed by atoms with Crippen LogP contribution >= 0.6 is 32.1 Å². The van der Waals surface area contributed by atoms with Crippen LogP contribution in [0.1, 0.15) is 16.7 Å². The molecule has 0 aliphatic heterocycles. The molecule has 3 nitrogen and oxygen atoms in total. The Bertz CT molecular complexity index is 1220. The molecular weight excluding hydrogens is 607 g/mol. The van der Waals surface area contributed by atoms with E-state index < -0.39 is 17.7 Å². The average molecular weight is 632 g/mol. The molecule has 0 unspecified atom stereocenters. The summed E-state index contributed by atoms with van der Waals surface area (Å²) in [5, 5.41) is 4.26. The number of rotatable bonds is 9. The van der Waals surface area contributed by atoms with Crippen LogP contribution in [0.2, 0.25) is 10.0 Å². The van der Waals surface area contributed by atoms with E-state index in [1.165, 1.54) is 0 Å². The summed E-state index contributed by atoms with van der Waals surface area (Å²) >= 11 is 8.76. The van der Waals surface area contributed by atoms with E-state index in [0.29, 0.717) is 24.6 Å². The number of hydrogen-bond acceptors (Lipinski definition) is 3. The van der Waals surface area contributed by atoms with Gasteiger partial charge in [-0.05, 0) is 0 Å². The van der Waals surface area contributed by atoms with Gasteiger partial charge in [-0.15, -0.1) is 0 Å². The van der Waals surface area contributed by atoms with E-state index in [-0.39, 0.29) is 12.4 Å². The van der Waals surface area contributed by atoms with Crippen LogP contribution in [0.3, 0.4) is 0 Å². The van der Waals surface area contributed by atoms with Gasteiger partial charge in [0.15, 0.2) is 0 Å². The molecule has 0 saturated carbocycles. The van der Waals surface area contributed by atoms with Crippen molar-refractivity contribution in [2.75, 3.05) is 5.32 Å². The third-order valence-electron chi connectivity index (χ3n) is 5.49. The van der Waals surface area contributed by atoms with Crippen LogP contribution in [-0.4, -0.2) is 23.6 Å². The van der Waals surface area contributed by atoms with Gasteiger partial charge in [0.25, 0.3) is 0 Å². The molecule has 4 rings (SSSR count). The molecule has 0 amide bonds. The molecule has 0 fully saturated rings. The molecule has 4 aromatic carbocycles. The summed E-state index contributed by atoms with van der Waals surface area (Å²) in [6.45, 7) is 0. The van der Waals surface area contributed by atoms with Gasteiger partial charge in [-0.25, -0.2) is 0 Å². The van der Waals surface area contributed by atoms with Gasteiger partial charge < -0.3 is 0 Å². The van der Waals surface area contributed by atoms with Crippen LogP contribution in [0.25, 0.3) is 0 Å². The summed E-state index contributed by atoms with van der Waals surface area (Å²) in [6, 6.07) is 32.8. The molecule has 35 heavy (non-hydrogen) atoms. The van der Waals surface area contributed by atoms with Crippen LogP contribution in [0.4, 0.5) is 11.4 Å². The van der Waals surface area contributed by atoms with Gasteiger partial charge in [-0.2, -0.15) is 0 Å². The number of nitrogens with one attached hydrogen (secondary N) is 1. The monoisotopic (exact) mass is 631 g/mol. The fourth-order valence-corrected chi connectivity index (χ4v) is 14.0. The molecular formula is C28H24Cl3NO2Sn. The number of carbonyl (C=O) groups excluding carboxylic acids is 1. The predicted molar refractivity (Wildman–Crippen MR) is 148 cm³/mol. The summed E-state index contributed by atoms with van der Waals surface area (Å²) in [5.41, 5.74) is 4.27. The minimum atomic E-state index is -3.90. The van der Waals surface area contributed by atoms with Gasteiger partial charge in [0.2, 0.25) is 0 Å². The number of benzene rings is 4. The Labute approximate surface area is 224 Å². The van der Waals surface area contributed by atoms with Crippen LogP contribution in [0.5, 0.6) is 0 Å². The SMILES string of the molecule is O=C(Cc1ccccc1Nc1c(Cl)cccc1Cl)[O][Sn]([Cl])([CH2]c1ccccc1)[CH2]c1ccccc1. The average Bonchev–Trinajstić information content (AvgIpc) is 2.83. The fraction of sp³-hybridized carbons (Fsp3) is 0.107. The normalized spacial score (nSPS) is 11.2. The van der Waals surface area contributed by atoms with Crippen molar-refractivity contribution in [3.8, 4) is 0 Å². The van der Waals surface area contributed by atoms with Gasteiger partial charge in [-0.1, -0.05) is 0 Å². The second-order valence-corrected chi connectivity index (χ2v) is 21.3. The Balaban J connectivity index is 1.54. The zero-order valence-corrected chi connectivity index (χ0v) is 24.0. The third-order valence-corrected chi connectivity index (χ3v) is 15.5. The predicted octanol–water partition coefficient (Wildman–Crippen LogP) is 8.07. The Hall–Kier alpha value is -2.18. The summed E-state index contributed by atoms with van der Waals surface area (Å²) in [6.07, 6.45) is 0.0835. The standard InChI is InChI=1S/C14H11Cl2NO2.2C7H7.ClH.Sn/c15-10-5-3-6-11(16)14(10)17-12-7-2-1-4-9(12)8-13(18)19;2*1-7-5-3-2-4-6-7;;/h1-7,17H,8H2,(H,18,19);2*2-6H,1H2;1H;/q;;;;+2/p-2. The van der Waals surface area contributed by atoms with Crippen LogP contribution in [0, 0.1) is 0 Å². The molecule has 0 aliphatic rings. The maximum atomic E-state index is 13.2. The van der Waals surface area contributed by atoms with Crippen LogP contribution in [0.15, 0.2) is 103 Å². The van der Waals surface area contributed by atoms with E-state index >= 15 is 0 Å². The van der Waals surface area contributed by atoms with Crippen molar-refractivity contribution in [3.05, 3.63) is 130 Å². The number of carbonyl (C=O) groups is 1. The number of hydrogen-bond donors (Lipinski definition) is 1. The van der Waals surface area contributed by atoms with Crippen molar-refractivity contribution in [2.24, 2.45) is 0 Å². The van der Waals surface area contributed by atoms with E-state index in [1.807, 2.05) is 84.9 Å². The summed E-state index contributed by atoms with van der Waals surface area (Å²) < 4.78 is 7.34. The summed E-state index contributed by atoms with van der Waals surface area (Å²) in [4.78, 5) is 13.2. The maximum absolute atomic E-state index is 13.2. The first kappa shape index (κ1) is 25.9. The summed E-state index contributed by atoms with van der Waals surface area (Å²) in [7, 11) is 7.20. The van der Waals surface area contributed by atoms with E-state index in [2.05, 4.69) is 5.32 Å². The first-order valence-electron chi connectivity index (χ1n) is 11.2. The van der Waals surface area contributed by atoms with Gasteiger partial charge >= 0.3 is 225 Å². The van der Waals surface area contributed by atoms with E-state index in [1.54, 1.807) is 18.2 Å². The van der Waals surface area contributed by atoms with Crippen molar-refractivity contribution in [1.82, 2.24) is 0 Å². The van der Waals surface area contributed by atoms with Crippen molar-refractivity contribution in [3.63, 3.8) is 0 Å². The number of halogens is 3. The van der Waals surface area contributed by atoms with Crippen molar-refractivity contribution >= 4 is 67.1 Å². The second-order valence-electron chi connectivity index (χ2n) is 8.24. The topological polar surface area (TPSA) is 38.3 Å². The number of para-hydroxylation sites is 2. The minimum absolute atomic E-state index is 0.0835. The molecule has 0 aliphatic carbocycles. The quantitative estimate of drug-likeness (QED) is 0.190. The van der Waals surface area contributed by atoms with Crippen LogP contribution < -0.4 is 5.32 Å². The zero-order valence-electron chi connectivity index (χ0n) is 18.9. The first-order chi connectivity index (χ1) is 16.9. The van der Waals surface area contributed by atoms with Gasteiger partial charge in [-0.3, -0.25) is 0 Å². The summed E-state index contributed by atoms with van der Waals surface area (Å²) in [5.74, 6) is -0.331. The molecule has 1 N–H and O–H groups in total. The molecule has 0 aromatic heterocycles. The fourth-order valence-electron chi connectivity index (χ4n) is 3.88. The molecule has 4 aromatic rings. The van der Waals surface area contributed by atoms with Gasteiger partial charge in [0, 0.05) is 0 Å². The van der Waals surface area contributed by atoms with Crippen molar-refractivity contribution in [1.29, 1.82) is 0 Å². The Morgan fingerprint density at radius 3 is 1.80 bits per heavy atom. The van der Waals surface area contributed by atoms with E-state index in [9.17, 15) is 4.79 Å². The molecule has 0 radical (unpaired) electrons. The molecule has 7 heteroatoms. The number of anilines is 2.